The minimum Gasteiger partial charge on any atom is -0.497 e. The van der Waals surface area contributed by atoms with E-state index in [0.29, 0.717) is 5.95 Å². The van der Waals surface area contributed by atoms with Crippen molar-refractivity contribution in [1.29, 1.82) is 0 Å². The van der Waals surface area contributed by atoms with Gasteiger partial charge in [-0.1, -0.05) is 0 Å². The number of imidazole rings is 1. The van der Waals surface area contributed by atoms with E-state index in [9.17, 15) is 0 Å². The lowest BCUT2D eigenvalue weighted by molar-refractivity contribution is 0.415. The number of anilines is 2. The van der Waals surface area contributed by atoms with Crippen LogP contribution in [0.5, 0.6) is 5.75 Å². The Morgan fingerprint density at radius 1 is 1.10 bits per heavy atom. The third-order valence-electron chi connectivity index (χ3n) is 3.51. The summed E-state index contributed by atoms with van der Waals surface area (Å²) in [4.78, 5) is 6.45. The molecule has 0 saturated heterocycles. The van der Waals surface area contributed by atoms with Crippen LogP contribution in [0, 0.1) is 0 Å². The summed E-state index contributed by atoms with van der Waals surface area (Å²) in [6.07, 6.45) is 0. The zero-order chi connectivity index (χ0) is 15.0. The van der Waals surface area contributed by atoms with Gasteiger partial charge >= 0.3 is 0 Å². The summed E-state index contributed by atoms with van der Waals surface area (Å²) < 4.78 is 7.21. The van der Waals surface area contributed by atoms with Gasteiger partial charge in [-0.05, 0) is 36.4 Å². The van der Waals surface area contributed by atoms with E-state index in [2.05, 4.69) is 22.0 Å². The molecule has 0 atom stereocenters. The van der Waals surface area contributed by atoms with Gasteiger partial charge in [-0.15, -0.1) is 0 Å². The van der Waals surface area contributed by atoms with Crippen LogP contribution in [0.1, 0.15) is 0 Å². The number of rotatable bonds is 3. The van der Waals surface area contributed by atoms with Gasteiger partial charge in [0.25, 0.3) is 0 Å². The summed E-state index contributed by atoms with van der Waals surface area (Å²) in [6.45, 7) is 0. The van der Waals surface area contributed by atoms with Crippen LogP contribution < -0.4 is 15.4 Å². The number of nitrogen functional groups attached to an aromatic ring is 1. The maximum atomic E-state index is 6.08. The van der Waals surface area contributed by atoms with Gasteiger partial charge in [0.2, 0.25) is 5.95 Å². The second-order valence-electron chi connectivity index (χ2n) is 5.07. The monoisotopic (exact) mass is 282 g/mol. The molecule has 3 rings (SSSR count). The average Bonchev–Trinajstić information content (AvgIpc) is 2.82. The van der Waals surface area contributed by atoms with E-state index in [0.717, 1.165) is 28.2 Å². The first-order valence-corrected chi connectivity index (χ1v) is 6.70. The smallest absolute Gasteiger partial charge is 0.205 e. The van der Waals surface area contributed by atoms with Gasteiger partial charge in [-0.3, -0.25) is 4.57 Å². The third-order valence-corrected chi connectivity index (χ3v) is 3.51. The second kappa shape index (κ2) is 5.01. The quantitative estimate of drug-likeness (QED) is 0.802. The highest BCUT2D eigenvalue weighted by molar-refractivity contribution is 5.82. The molecule has 5 heteroatoms. The first-order valence-electron chi connectivity index (χ1n) is 6.70. The zero-order valence-electron chi connectivity index (χ0n) is 12.4. The Morgan fingerprint density at radius 3 is 2.43 bits per heavy atom. The summed E-state index contributed by atoms with van der Waals surface area (Å²) in [5.41, 5.74) is 9.98. The van der Waals surface area contributed by atoms with Gasteiger partial charge in [0.15, 0.2) is 0 Å². The highest BCUT2D eigenvalue weighted by atomic mass is 16.5. The highest BCUT2D eigenvalue weighted by Gasteiger charge is 2.11. The van der Waals surface area contributed by atoms with Crippen LogP contribution in [-0.4, -0.2) is 30.8 Å². The number of ether oxygens (including phenoxy) is 1. The molecule has 0 spiro atoms. The van der Waals surface area contributed by atoms with E-state index in [-0.39, 0.29) is 0 Å². The molecule has 0 unspecified atom stereocenters. The fraction of sp³-hybridized carbons (Fsp3) is 0.188. The van der Waals surface area contributed by atoms with Crippen LogP contribution in [0.25, 0.3) is 16.7 Å². The Kier molecular flexibility index (Phi) is 3.17. The van der Waals surface area contributed by atoms with Crippen LogP contribution >= 0.6 is 0 Å². The minimum absolute atomic E-state index is 0.468. The van der Waals surface area contributed by atoms with Gasteiger partial charge in [-0.2, -0.15) is 0 Å². The largest absolute Gasteiger partial charge is 0.497 e. The number of hydrogen-bond acceptors (Lipinski definition) is 4. The molecule has 0 aliphatic rings. The van der Waals surface area contributed by atoms with Crippen LogP contribution in [0.2, 0.25) is 0 Å². The van der Waals surface area contributed by atoms with Crippen molar-refractivity contribution in [2.75, 3.05) is 31.8 Å². The van der Waals surface area contributed by atoms with Crippen molar-refractivity contribution in [3.8, 4) is 11.4 Å². The Bertz CT molecular complexity index is 775. The lowest BCUT2D eigenvalue weighted by atomic mass is 10.2. The van der Waals surface area contributed by atoms with Gasteiger partial charge in [0.1, 0.15) is 5.75 Å². The number of methoxy groups -OCH3 is 1. The molecule has 1 heterocycles. The molecule has 108 valence electrons. The zero-order valence-corrected chi connectivity index (χ0v) is 12.4. The molecule has 2 aromatic carbocycles. The SMILES string of the molecule is COc1ccc2nc(N)n(-c3ccc(N(C)C)cc3)c2c1. The van der Waals surface area contributed by atoms with E-state index in [1.165, 1.54) is 0 Å². The summed E-state index contributed by atoms with van der Waals surface area (Å²) >= 11 is 0. The molecule has 0 amide bonds. The van der Waals surface area contributed by atoms with E-state index < -0.39 is 0 Å². The fourth-order valence-corrected chi connectivity index (χ4v) is 2.37. The normalized spacial score (nSPS) is 10.8. The molecule has 1 aromatic heterocycles. The van der Waals surface area contributed by atoms with Gasteiger partial charge in [0, 0.05) is 31.5 Å². The molecule has 0 radical (unpaired) electrons. The summed E-state index contributed by atoms with van der Waals surface area (Å²) in [5.74, 6) is 1.25. The van der Waals surface area contributed by atoms with Crippen molar-refractivity contribution >= 4 is 22.7 Å². The predicted octanol–water partition coefficient (Wildman–Crippen LogP) is 2.68. The molecule has 5 nitrogen and oxygen atoms in total. The summed E-state index contributed by atoms with van der Waals surface area (Å²) in [7, 11) is 5.68. The molecule has 0 bridgehead atoms. The first kappa shape index (κ1) is 13.3. The molecule has 2 N–H and O–H groups in total. The molecule has 21 heavy (non-hydrogen) atoms. The highest BCUT2D eigenvalue weighted by Crippen LogP contribution is 2.27. The lowest BCUT2D eigenvalue weighted by Crippen LogP contribution is -2.08. The van der Waals surface area contributed by atoms with Gasteiger partial charge < -0.3 is 15.4 Å². The maximum Gasteiger partial charge on any atom is 0.205 e. The Hall–Kier alpha value is -2.69. The van der Waals surface area contributed by atoms with E-state index in [1.807, 2.05) is 49.0 Å². The number of nitrogens with two attached hydrogens (primary N) is 1. The number of aromatic nitrogens is 2. The topological polar surface area (TPSA) is 56.3 Å². The van der Waals surface area contributed by atoms with E-state index >= 15 is 0 Å². The van der Waals surface area contributed by atoms with Crippen LogP contribution in [0.3, 0.4) is 0 Å². The Labute approximate surface area is 123 Å². The molecular formula is C16H18N4O. The van der Waals surface area contributed by atoms with Crippen LogP contribution in [-0.2, 0) is 0 Å². The van der Waals surface area contributed by atoms with Crippen molar-refractivity contribution in [3.05, 3.63) is 42.5 Å². The second-order valence-corrected chi connectivity index (χ2v) is 5.07. The van der Waals surface area contributed by atoms with Crippen LogP contribution in [0.15, 0.2) is 42.5 Å². The van der Waals surface area contributed by atoms with Gasteiger partial charge in [-0.25, -0.2) is 4.98 Å². The summed E-state index contributed by atoms with van der Waals surface area (Å²) in [6, 6.07) is 13.9. The average molecular weight is 282 g/mol. The summed E-state index contributed by atoms with van der Waals surface area (Å²) in [5, 5.41) is 0. The predicted molar refractivity (Wildman–Crippen MR) is 86.4 cm³/mol. The van der Waals surface area contributed by atoms with Crippen LogP contribution in [0.4, 0.5) is 11.6 Å². The molecule has 3 aromatic rings. The Morgan fingerprint density at radius 2 is 1.81 bits per heavy atom. The fourth-order valence-electron chi connectivity index (χ4n) is 2.37. The van der Waals surface area contributed by atoms with E-state index in [4.69, 9.17) is 10.5 Å². The van der Waals surface area contributed by atoms with Crippen molar-refractivity contribution in [1.82, 2.24) is 9.55 Å². The number of benzene rings is 2. The van der Waals surface area contributed by atoms with E-state index in [1.54, 1.807) is 7.11 Å². The Balaban J connectivity index is 2.16. The molecule has 0 saturated carbocycles. The van der Waals surface area contributed by atoms with Crippen molar-refractivity contribution in [2.24, 2.45) is 0 Å². The van der Waals surface area contributed by atoms with Crippen molar-refractivity contribution < 1.29 is 4.74 Å². The lowest BCUT2D eigenvalue weighted by Gasteiger charge is -2.13. The number of nitrogens with zero attached hydrogens (tertiary/aromatic N) is 3. The third kappa shape index (κ3) is 2.27. The van der Waals surface area contributed by atoms with Gasteiger partial charge in [0.05, 0.1) is 18.1 Å². The molecule has 0 fully saturated rings. The minimum atomic E-state index is 0.468. The number of fused-ring (bicyclic) bond motifs is 1. The van der Waals surface area contributed by atoms with Crippen molar-refractivity contribution in [2.45, 2.75) is 0 Å². The molecule has 0 aliphatic carbocycles. The standard InChI is InChI=1S/C16H18N4O/c1-19(2)11-4-6-12(7-5-11)20-15-10-13(21-3)8-9-14(15)18-16(20)17/h4-10H,1-3H3,(H2,17,18). The first-order chi connectivity index (χ1) is 10.1. The van der Waals surface area contributed by atoms with Crippen molar-refractivity contribution in [3.63, 3.8) is 0 Å². The molecule has 0 aliphatic heterocycles. The number of hydrogen-bond donors (Lipinski definition) is 1. The molecular weight excluding hydrogens is 264 g/mol. The maximum absolute atomic E-state index is 6.08.